The van der Waals surface area contributed by atoms with Crippen molar-refractivity contribution in [2.75, 3.05) is 11.5 Å². The van der Waals surface area contributed by atoms with Crippen LogP contribution in [0.2, 0.25) is 0 Å². The molecule has 0 bridgehead atoms. The van der Waals surface area contributed by atoms with Crippen molar-refractivity contribution >= 4 is 66.8 Å². The molecule has 17 nitrogen and oxygen atoms in total. The number of thiol groups is 2. The zero-order valence-electron chi connectivity index (χ0n) is 20.2. The minimum Gasteiger partial charge on any atom is -0.481 e. The zero-order chi connectivity index (χ0) is 29.7. The third kappa shape index (κ3) is 11.6. The standard InChI is InChI=1S/C20H29N7O10S2/c21-9(5-38)16(32)24-11(2-14(28)29)18(34)25-10(1-8-4-22-7-23-8)17(33)26-12(3-15(30)31)19(35)27-13(6-39)20(36)37/h4,7,9-13,38-39H,1-3,5-6,21H2,(H,22,23)(H,24,32)(H,25,34)(H,26,33)(H,27,35)(H,28,29)(H,30,31)(H,36,37)/t9-,10-,11-,12-,13-/m0/s1. The summed E-state index contributed by atoms with van der Waals surface area (Å²) in [7, 11) is 0. The normalized spacial score (nSPS) is 14.5. The predicted molar refractivity (Wildman–Crippen MR) is 138 cm³/mol. The van der Waals surface area contributed by atoms with Crippen molar-refractivity contribution in [3.8, 4) is 0 Å². The quantitative estimate of drug-likeness (QED) is 0.0776. The van der Waals surface area contributed by atoms with Crippen LogP contribution in [0.25, 0.3) is 0 Å². The van der Waals surface area contributed by atoms with Gasteiger partial charge in [-0.2, -0.15) is 25.3 Å². The van der Waals surface area contributed by atoms with Gasteiger partial charge < -0.3 is 47.3 Å². The van der Waals surface area contributed by atoms with Gasteiger partial charge in [-0.15, -0.1) is 0 Å². The van der Waals surface area contributed by atoms with Gasteiger partial charge in [0.15, 0.2) is 0 Å². The fourth-order valence-corrected chi connectivity index (χ4v) is 3.37. The number of aliphatic carboxylic acids is 3. The molecule has 1 rings (SSSR count). The Morgan fingerprint density at radius 2 is 1.23 bits per heavy atom. The van der Waals surface area contributed by atoms with E-state index in [9.17, 15) is 38.7 Å². The van der Waals surface area contributed by atoms with Crippen LogP contribution in [0, 0.1) is 0 Å². The topological polar surface area (TPSA) is 283 Å². The maximum Gasteiger partial charge on any atom is 0.327 e. The van der Waals surface area contributed by atoms with Crippen LogP contribution < -0.4 is 27.0 Å². The highest BCUT2D eigenvalue weighted by atomic mass is 32.1. The average Bonchev–Trinajstić information content (AvgIpc) is 3.37. The van der Waals surface area contributed by atoms with Gasteiger partial charge in [-0.05, 0) is 0 Å². The Morgan fingerprint density at radius 1 is 0.769 bits per heavy atom. The second kappa shape index (κ2) is 16.2. The summed E-state index contributed by atoms with van der Waals surface area (Å²) < 4.78 is 0. The second-order valence-electron chi connectivity index (χ2n) is 8.03. The maximum absolute atomic E-state index is 13.1. The van der Waals surface area contributed by atoms with Gasteiger partial charge in [-0.25, -0.2) is 9.78 Å². The monoisotopic (exact) mass is 591 g/mol. The van der Waals surface area contributed by atoms with Gasteiger partial charge >= 0.3 is 17.9 Å². The summed E-state index contributed by atoms with van der Waals surface area (Å²) in [5.74, 6) is -9.06. The minimum absolute atomic E-state index is 0.110. The second-order valence-corrected chi connectivity index (χ2v) is 8.76. The number of imidazole rings is 1. The first-order chi connectivity index (χ1) is 18.3. The van der Waals surface area contributed by atoms with E-state index in [0.29, 0.717) is 5.69 Å². The van der Waals surface area contributed by atoms with Crippen molar-refractivity contribution in [3.05, 3.63) is 18.2 Å². The summed E-state index contributed by atoms with van der Waals surface area (Å²) in [4.78, 5) is 91.0. The number of aromatic nitrogens is 2. The van der Waals surface area contributed by atoms with Crippen molar-refractivity contribution in [2.45, 2.75) is 49.5 Å². The summed E-state index contributed by atoms with van der Waals surface area (Å²) in [6.07, 6.45) is 0.472. The molecule has 0 saturated heterocycles. The smallest absolute Gasteiger partial charge is 0.327 e. The van der Waals surface area contributed by atoms with Crippen molar-refractivity contribution < 1.29 is 48.9 Å². The molecule has 1 heterocycles. The fraction of sp³-hybridized carbons (Fsp3) is 0.500. The number of H-pyrrole nitrogens is 1. The van der Waals surface area contributed by atoms with Crippen LogP contribution in [0.4, 0.5) is 0 Å². The maximum atomic E-state index is 13.1. The highest BCUT2D eigenvalue weighted by molar-refractivity contribution is 7.80. The molecule has 10 N–H and O–H groups in total. The third-order valence-corrected chi connectivity index (χ3v) is 5.72. The third-order valence-electron chi connectivity index (χ3n) is 4.97. The van der Waals surface area contributed by atoms with Gasteiger partial charge in [-0.1, -0.05) is 0 Å². The van der Waals surface area contributed by atoms with Gasteiger partial charge in [0.05, 0.1) is 25.2 Å². The van der Waals surface area contributed by atoms with Gasteiger partial charge in [0, 0.05) is 29.8 Å². The Bertz CT molecular complexity index is 1060. The van der Waals surface area contributed by atoms with Crippen LogP contribution in [0.3, 0.4) is 0 Å². The number of nitrogens with two attached hydrogens (primary N) is 1. The summed E-state index contributed by atoms with van der Waals surface area (Å²) in [5, 5.41) is 36.1. The van der Waals surface area contributed by atoms with E-state index >= 15 is 0 Å². The molecule has 0 spiro atoms. The van der Waals surface area contributed by atoms with E-state index < -0.39 is 84.6 Å². The van der Waals surface area contributed by atoms with E-state index in [2.05, 4.69) is 56.5 Å². The van der Waals surface area contributed by atoms with Crippen LogP contribution in [0.1, 0.15) is 18.5 Å². The van der Waals surface area contributed by atoms with Crippen LogP contribution >= 0.6 is 25.3 Å². The van der Waals surface area contributed by atoms with E-state index in [1.807, 2.05) is 0 Å². The van der Waals surface area contributed by atoms with Gasteiger partial charge in [0.25, 0.3) is 0 Å². The number of carbonyl (C=O) groups is 7. The molecule has 0 saturated carbocycles. The van der Waals surface area contributed by atoms with Crippen LogP contribution in [0.15, 0.2) is 12.5 Å². The Labute approximate surface area is 231 Å². The molecule has 19 heteroatoms. The molecular formula is C20H29N7O10S2. The summed E-state index contributed by atoms with van der Waals surface area (Å²) in [6.45, 7) is 0. The van der Waals surface area contributed by atoms with E-state index in [0.717, 1.165) is 0 Å². The van der Waals surface area contributed by atoms with Gasteiger partial charge in [0.1, 0.15) is 24.2 Å². The number of hydrogen-bond donors (Lipinski definition) is 11. The molecule has 1 aromatic heterocycles. The molecule has 0 unspecified atom stereocenters. The fourth-order valence-electron chi connectivity index (χ4n) is 2.96. The number of carboxylic acids is 3. The number of carboxylic acid groups (broad SMARTS) is 3. The highest BCUT2D eigenvalue weighted by Gasteiger charge is 2.33. The predicted octanol–water partition coefficient (Wildman–Crippen LogP) is -3.89. The van der Waals surface area contributed by atoms with Crippen LogP contribution in [-0.2, 0) is 40.0 Å². The Balaban J connectivity index is 3.20. The number of nitrogens with one attached hydrogen (secondary N) is 5. The van der Waals surface area contributed by atoms with Crippen molar-refractivity contribution in [1.29, 1.82) is 0 Å². The molecule has 0 radical (unpaired) electrons. The molecule has 4 amide bonds. The lowest BCUT2D eigenvalue weighted by molar-refractivity contribution is -0.143. The lowest BCUT2D eigenvalue weighted by Crippen LogP contribution is -2.59. The largest absolute Gasteiger partial charge is 0.481 e. The van der Waals surface area contributed by atoms with Crippen molar-refractivity contribution in [1.82, 2.24) is 31.2 Å². The van der Waals surface area contributed by atoms with Crippen LogP contribution in [-0.4, -0.2) is 109 Å². The SMILES string of the molecule is N[C@@H](CS)C(=O)N[C@@H](CC(=O)O)C(=O)N[C@@H](Cc1cnc[nH]1)C(=O)N[C@@H](CC(=O)O)C(=O)N[C@@H](CS)C(=O)O. The molecule has 0 aliphatic heterocycles. The minimum atomic E-state index is -1.76. The number of nitrogens with zero attached hydrogens (tertiary/aromatic N) is 1. The number of hydrogen-bond acceptors (Lipinski definition) is 11. The number of rotatable bonds is 17. The Hall–Kier alpha value is -3.84. The average molecular weight is 592 g/mol. The van der Waals surface area contributed by atoms with Gasteiger partial charge in [0.2, 0.25) is 23.6 Å². The molecule has 1 aromatic rings. The molecular weight excluding hydrogens is 562 g/mol. The van der Waals surface area contributed by atoms with Crippen molar-refractivity contribution in [2.24, 2.45) is 5.73 Å². The first-order valence-corrected chi connectivity index (χ1v) is 12.4. The van der Waals surface area contributed by atoms with E-state index in [4.69, 9.17) is 15.9 Å². The van der Waals surface area contributed by atoms with Crippen molar-refractivity contribution in [3.63, 3.8) is 0 Å². The summed E-state index contributed by atoms with van der Waals surface area (Å²) in [6, 6.07) is -7.61. The van der Waals surface area contributed by atoms with E-state index in [-0.39, 0.29) is 17.9 Å². The lowest BCUT2D eigenvalue weighted by atomic mass is 10.1. The van der Waals surface area contributed by atoms with Gasteiger partial charge in [-0.3, -0.25) is 28.8 Å². The van der Waals surface area contributed by atoms with Crippen LogP contribution in [0.5, 0.6) is 0 Å². The Morgan fingerprint density at radius 3 is 1.64 bits per heavy atom. The zero-order valence-corrected chi connectivity index (χ0v) is 22.0. The number of carbonyl (C=O) groups excluding carboxylic acids is 4. The summed E-state index contributed by atoms with van der Waals surface area (Å²) >= 11 is 7.67. The number of aromatic amines is 1. The molecule has 5 atom stereocenters. The highest BCUT2D eigenvalue weighted by Crippen LogP contribution is 2.04. The van der Waals surface area contributed by atoms with E-state index in [1.54, 1.807) is 0 Å². The number of amides is 4. The molecule has 0 aliphatic rings. The summed E-state index contributed by atoms with van der Waals surface area (Å²) in [5.41, 5.74) is 5.86. The molecule has 216 valence electrons. The molecule has 0 fully saturated rings. The van der Waals surface area contributed by atoms with E-state index in [1.165, 1.54) is 12.5 Å². The lowest BCUT2D eigenvalue weighted by Gasteiger charge is -2.25. The Kier molecular flexibility index (Phi) is 13.8. The first kappa shape index (κ1) is 33.2. The first-order valence-electron chi connectivity index (χ1n) is 11.1. The molecule has 39 heavy (non-hydrogen) atoms. The molecule has 0 aromatic carbocycles. The molecule has 0 aliphatic carbocycles.